The van der Waals surface area contributed by atoms with E-state index in [0.29, 0.717) is 19.4 Å². The van der Waals surface area contributed by atoms with Gasteiger partial charge in [0.1, 0.15) is 5.54 Å². The Balaban J connectivity index is 1.92. The van der Waals surface area contributed by atoms with Crippen LogP contribution in [0.1, 0.15) is 39.7 Å². The fourth-order valence-electron chi connectivity index (χ4n) is 3.30. The molecule has 4 N–H and O–H groups in total. The maximum absolute atomic E-state index is 12.8. The Morgan fingerprint density at radius 3 is 2.37 bits per heavy atom. The number of imide groups is 1. The van der Waals surface area contributed by atoms with E-state index < -0.39 is 23.4 Å². The van der Waals surface area contributed by atoms with Crippen LogP contribution in [-0.4, -0.2) is 60.0 Å². The number of urea groups is 1. The van der Waals surface area contributed by atoms with Crippen LogP contribution in [0, 0.1) is 0 Å². The molecule has 1 aromatic rings. The Bertz CT molecular complexity index is 783. The number of benzene rings is 1. The smallest absolute Gasteiger partial charge is 0.344 e. The van der Waals surface area contributed by atoms with E-state index in [1.54, 1.807) is 6.92 Å². The molecule has 0 saturated carbocycles. The van der Waals surface area contributed by atoms with Gasteiger partial charge in [-0.1, -0.05) is 30.3 Å². The lowest BCUT2D eigenvalue weighted by Crippen LogP contribution is -3.14. The first-order valence-corrected chi connectivity index (χ1v) is 10.3. The largest absolute Gasteiger partial charge is 0.349 e. The van der Waals surface area contributed by atoms with Gasteiger partial charge in [0.05, 0.1) is 6.54 Å². The van der Waals surface area contributed by atoms with Gasteiger partial charge in [0.15, 0.2) is 13.1 Å². The number of likely N-dealkylation sites (N-methyl/N-ethyl adjacent to an activating group) is 1. The third-order valence-electron chi connectivity index (χ3n) is 5.02. The molecular weight excluding hydrogens is 386 g/mol. The monoisotopic (exact) mass is 418 g/mol. The molecule has 164 valence electrons. The molecule has 0 aliphatic carbocycles. The molecule has 2 rings (SSSR count). The summed E-state index contributed by atoms with van der Waals surface area (Å²) in [6.45, 7) is 7.90. The Morgan fingerprint density at radius 1 is 1.13 bits per heavy atom. The van der Waals surface area contributed by atoms with E-state index in [1.165, 1.54) is 0 Å². The molecule has 0 bridgehead atoms. The standard InChI is InChI=1S/C21H31N5O4/c1-5-25(13-17(27)22-15(2)3)14-18(28)24-26-19(29)21(4,23-20(26)30)12-11-16-9-7-6-8-10-16/h6-10,15H,5,11-14H2,1-4H3,(H,22,27)(H,23,30)(H,24,28)/p+1/t21-/m0/s1. The van der Waals surface area contributed by atoms with Gasteiger partial charge in [-0.3, -0.25) is 19.8 Å². The highest BCUT2D eigenvalue weighted by atomic mass is 16.2. The minimum Gasteiger partial charge on any atom is -0.349 e. The molecule has 1 fully saturated rings. The molecule has 30 heavy (non-hydrogen) atoms. The molecule has 1 heterocycles. The van der Waals surface area contributed by atoms with Crippen molar-refractivity contribution in [1.82, 2.24) is 21.1 Å². The van der Waals surface area contributed by atoms with Crippen molar-refractivity contribution in [2.45, 2.75) is 52.1 Å². The number of nitrogens with one attached hydrogen (secondary N) is 4. The van der Waals surface area contributed by atoms with E-state index >= 15 is 0 Å². The van der Waals surface area contributed by atoms with Crippen molar-refractivity contribution in [3.8, 4) is 0 Å². The number of quaternary nitrogens is 1. The molecule has 0 radical (unpaired) electrons. The van der Waals surface area contributed by atoms with E-state index in [0.717, 1.165) is 15.5 Å². The van der Waals surface area contributed by atoms with Crippen LogP contribution >= 0.6 is 0 Å². The first-order valence-electron chi connectivity index (χ1n) is 10.3. The molecule has 1 aliphatic heterocycles. The Kier molecular flexibility index (Phi) is 7.93. The van der Waals surface area contributed by atoms with Crippen molar-refractivity contribution >= 4 is 23.8 Å². The summed E-state index contributed by atoms with van der Waals surface area (Å²) < 4.78 is 0. The Hall–Kier alpha value is -2.94. The third kappa shape index (κ3) is 6.28. The van der Waals surface area contributed by atoms with E-state index in [-0.39, 0.29) is 25.0 Å². The number of carbonyl (C=O) groups excluding carboxylic acids is 4. The predicted octanol–water partition coefficient (Wildman–Crippen LogP) is -0.610. The Morgan fingerprint density at radius 2 is 1.77 bits per heavy atom. The topological polar surface area (TPSA) is 112 Å². The summed E-state index contributed by atoms with van der Waals surface area (Å²) in [6.07, 6.45) is 1.03. The SMILES string of the molecule is CC[NH+](CC(=O)NC(C)C)CC(=O)NN1C(=O)N[C@@](C)(CCc2ccccc2)C1=O. The van der Waals surface area contributed by atoms with E-state index in [2.05, 4.69) is 16.1 Å². The van der Waals surface area contributed by atoms with Crippen LogP contribution in [0.2, 0.25) is 0 Å². The zero-order valence-electron chi connectivity index (χ0n) is 18.1. The molecule has 0 spiro atoms. The first kappa shape index (κ1) is 23.3. The van der Waals surface area contributed by atoms with Gasteiger partial charge in [0, 0.05) is 6.04 Å². The number of aryl methyl sites for hydroxylation is 1. The zero-order chi connectivity index (χ0) is 22.3. The van der Waals surface area contributed by atoms with Crippen LogP contribution in [0.25, 0.3) is 0 Å². The van der Waals surface area contributed by atoms with Crippen molar-refractivity contribution in [2.75, 3.05) is 19.6 Å². The molecule has 5 amide bonds. The predicted molar refractivity (Wildman–Crippen MR) is 111 cm³/mol. The second-order valence-corrected chi connectivity index (χ2v) is 8.10. The fourth-order valence-corrected chi connectivity index (χ4v) is 3.30. The van der Waals surface area contributed by atoms with Gasteiger partial charge in [-0.2, -0.15) is 5.01 Å². The molecule has 1 aliphatic rings. The second-order valence-electron chi connectivity index (χ2n) is 8.10. The van der Waals surface area contributed by atoms with Crippen molar-refractivity contribution in [3.05, 3.63) is 35.9 Å². The fraction of sp³-hybridized carbons (Fsp3) is 0.524. The van der Waals surface area contributed by atoms with E-state index in [9.17, 15) is 19.2 Å². The van der Waals surface area contributed by atoms with Crippen LogP contribution in [0.4, 0.5) is 4.79 Å². The van der Waals surface area contributed by atoms with Crippen molar-refractivity contribution in [1.29, 1.82) is 0 Å². The zero-order valence-corrected chi connectivity index (χ0v) is 18.1. The number of hydrazine groups is 1. The highest BCUT2D eigenvalue weighted by Gasteiger charge is 2.48. The quantitative estimate of drug-likeness (QED) is 0.380. The number of nitrogens with zero attached hydrogens (tertiary/aromatic N) is 1. The highest BCUT2D eigenvalue weighted by molar-refractivity contribution is 6.07. The van der Waals surface area contributed by atoms with Gasteiger partial charge in [-0.15, -0.1) is 0 Å². The lowest BCUT2D eigenvalue weighted by molar-refractivity contribution is -0.882. The van der Waals surface area contributed by atoms with Crippen LogP contribution in [0.3, 0.4) is 0 Å². The van der Waals surface area contributed by atoms with Gasteiger partial charge < -0.3 is 15.5 Å². The van der Waals surface area contributed by atoms with E-state index in [4.69, 9.17) is 0 Å². The normalized spacial score (nSPS) is 19.6. The molecule has 9 nitrogen and oxygen atoms in total. The highest BCUT2D eigenvalue weighted by Crippen LogP contribution is 2.22. The van der Waals surface area contributed by atoms with Gasteiger partial charge >= 0.3 is 6.03 Å². The number of hydrogen-bond acceptors (Lipinski definition) is 4. The van der Waals surface area contributed by atoms with Crippen molar-refractivity contribution in [3.63, 3.8) is 0 Å². The number of amides is 5. The third-order valence-corrected chi connectivity index (χ3v) is 5.02. The molecule has 1 saturated heterocycles. The van der Waals surface area contributed by atoms with Crippen LogP contribution in [0.5, 0.6) is 0 Å². The van der Waals surface area contributed by atoms with Crippen LogP contribution < -0.4 is 21.0 Å². The lowest BCUT2D eigenvalue weighted by Gasteiger charge is -2.22. The number of rotatable bonds is 10. The van der Waals surface area contributed by atoms with Crippen molar-refractivity contribution < 1.29 is 24.1 Å². The maximum Gasteiger partial charge on any atom is 0.344 e. The van der Waals surface area contributed by atoms with Gasteiger partial charge in [0.2, 0.25) is 0 Å². The maximum atomic E-state index is 12.8. The summed E-state index contributed by atoms with van der Waals surface area (Å²) in [5.74, 6) is -1.15. The van der Waals surface area contributed by atoms with Gasteiger partial charge in [-0.05, 0) is 46.1 Å². The second kappa shape index (κ2) is 10.2. The summed E-state index contributed by atoms with van der Waals surface area (Å²) in [5.41, 5.74) is 2.36. The number of hydrogen-bond donors (Lipinski definition) is 4. The summed E-state index contributed by atoms with van der Waals surface area (Å²) in [6, 6.07) is 9.04. The molecular formula is C21H32N5O4+. The molecule has 2 atom stereocenters. The average Bonchev–Trinajstić information content (AvgIpc) is 2.89. The summed E-state index contributed by atoms with van der Waals surface area (Å²) >= 11 is 0. The summed E-state index contributed by atoms with van der Waals surface area (Å²) in [4.78, 5) is 50.2. The van der Waals surface area contributed by atoms with Crippen LogP contribution in [-0.2, 0) is 20.8 Å². The first-order chi connectivity index (χ1) is 14.1. The van der Waals surface area contributed by atoms with E-state index in [1.807, 2.05) is 51.1 Å². The molecule has 1 unspecified atom stereocenters. The average molecular weight is 419 g/mol. The molecule has 1 aromatic carbocycles. The number of carbonyl (C=O) groups is 4. The van der Waals surface area contributed by atoms with Gasteiger partial charge in [-0.25, -0.2) is 4.79 Å². The molecule has 9 heteroatoms. The Labute approximate surface area is 177 Å². The van der Waals surface area contributed by atoms with Gasteiger partial charge in [0.25, 0.3) is 17.7 Å². The van der Waals surface area contributed by atoms with Crippen LogP contribution in [0.15, 0.2) is 30.3 Å². The van der Waals surface area contributed by atoms with Crippen molar-refractivity contribution in [2.24, 2.45) is 0 Å². The summed E-state index contributed by atoms with van der Waals surface area (Å²) in [7, 11) is 0. The lowest BCUT2D eigenvalue weighted by atomic mass is 9.93. The minimum absolute atomic E-state index is 0.0175. The minimum atomic E-state index is -1.09. The summed E-state index contributed by atoms with van der Waals surface area (Å²) in [5, 5.41) is 6.21. The molecule has 0 aromatic heterocycles.